The highest BCUT2D eigenvalue weighted by atomic mass is 35.5. The van der Waals surface area contributed by atoms with E-state index in [9.17, 15) is 9.59 Å². The van der Waals surface area contributed by atoms with Crippen molar-refractivity contribution in [3.8, 4) is 11.3 Å². The Morgan fingerprint density at radius 3 is 2.79 bits per heavy atom. The number of benzene rings is 2. The Labute approximate surface area is 199 Å². The SMILES string of the molecule is Cn1nc(SCC(=O)Nc2cccc(Cl)c2)n2c(=O)c3c(nc12)-c1ccccc1CC3(C)C. The summed E-state index contributed by atoms with van der Waals surface area (Å²) in [6.45, 7) is 4.14. The molecule has 7 nitrogen and oxygen atoms in total. The molecule has 0 unspecified atom stereocenters. The van der Waals surface area contributed by atoms with Crippen molar-refractivity contribution in [1.29, 1.82) is 0 Å². The molecule has 0 spiro atoms. The minimum absolute atomic E-state index is 0.0916. The molecule has 0 bridgehead atoms. The molecule has 168 valence electrons. The highest BCUT2D eigenvalue weighted by molar-refractivity contribution is 7.99. The fraction of sp³-hybridized carbons (Fsp3) is 0.250. The van der Waals surface area contributed by atoms with Gasteiger partial charge in [0.05, 0.1) is 17.0 Å². The number of aromatic nitrogens is 4. The molecule has 5 rings (SSSR count). The van der Waals surface area contributed by atoms with Crippen LogP contribution in [-0.2, 0) is 23.7 Å². The van der Waals surface area contributed by atoms with Gasteiger partial charge in [-0.05, 0) is 30.2 Å². The average molecular weight is 480 g/mol. The highest BCUT2D eigenvalue weighted by Crippen LogP contribution is 2.40. The molecule has 0 saturated heterocycles. The molecule has 2 aromatic carbocycles. The van der Waals surface area contributed by atoms with Crippen molar-refractivity contribution < 1.29 is 4.79 Å². The van der Waals surface area contributed by atoms with Crippen molar-refractivity contribution in [2.24, 2.45) is 7.05 Å². The molecule has 0 radical (unpaired) electrons. The van der Waals surface area contributed by atoms with Crippen LogP contribution in [0.3, 0.4) is 0 Å². The van der Waals surface area contributed by atoms with Crippen LogP contribution in [0.5, 0.6) is 0 Å². The van der Waals surface area contributed by atoms with Gasteiger partial charge in [0.2, 0.25) is 11.7 Å². The summed E-state index contributed by atoms with van der Waals surface area (Å²) < 4.78 is 3.11. The fourth-order valence-electron chi connectivity index (χ4n) is 4.38. The standard InChI is InChI=1S/C24H22ClN5O2S/c1-24(2)12-14-7-4-5-10-17(14)20-19(24)21(32)30-22(27-20)29(3)28-23(30)33-13-18(31)26-16-9-6-8-15(25)11-16/h4-11H,12-13H2,1-3H3,(H,26,31). The van der Waals surface area contributed by atoms with Gasteiger partial charge in [-0.1, -0.05) is 67.5 Å². The number of aryl methyl sites for hydroxylation is 1. The minimum atomic E-state index is -0.378. The lowest BCUT2D eigenvalue weighted by molar-refractivity contribution is -0.113. The third-order valence-corrected chi connectivity index (χ3v) is 6.97. The van der Waals surface area contributed by atoms with Crippen molar-refractivity contribution >= 4 is 40.7 Å². The molecule has 2 aromatic heterocycles. The van der Waals surface area contributed by atoms with E-state index in [4.69, 9.17) is 16.6 Å². The van der Waals surface area contributed by atoms with E-state index in [0.29, 0.717) is 32.9 Å². The maximum absolute atomic E-state index is 13.7. The zero-order valence-corrected chi connectivity index (χ0v) is 20.0. The molecule has 1 aliphatic rings. The Morgan fingerprint density at radius 2 is 2.00 bits per heavy atom. The Bertz CT molecular complexity index is 1470. The number of hydrogen-bond acceptors (Lipinski definition) is 5. The number of rotatable bonds is 4. The van der Waals surface area contributed by atoms with Gasteiger partial charge < -0.3 is 5.32 Å². The summed E-state index contributed by atoms with van der Waals surface area (Å²) >= 11 is 7.18. The lowest BCUT2D eigenvalue weighted by Gasteiger charge is -2.32. The zero-order valence-electron chi connectivity index (χ0n) is 18.4. The summed E-state index contributed by atoms with van der Waals surface area (Å²) in [7, 11) is 1.75. The van der Waals surface area contributed by atoms with Crippen LogP contribution < -0.4 is 10.9 Å². The second-order valence-corrected chi connectivity index (χ2v) is 10.1. The molecule has 2 heterocycles. The van der Waals surface area contributed by atoms with Crippen LogP contribution >= 0.6 is 23.4 Å². The van der Waals surface area contributed by atoms with Crippen molar-refractivity contribution in [3.05, 3.63) is 75.0 Å². The Hall–Kier alpha value is -3.10. The molecule has 0 atom stereocenters. The van der Waals surface area contributed by atoms with Crippen LogP contribution in [0.2, 0.25) is 5.02 Å². The number of carbonyl (C=O) groups is 1. The number of halogens is 1. The number of nitrogens with zero attached hydrogens (tertiary/aromatic N) is 4. The Kier molecular flexibility index (Phi) is 5.29. The van der Waals surface area contributed by atoms with E-state index in [0.717, 1.165) is 12.0 Å². The molecule has 1 amide bonds. The molecule has 0 fully saturated rings. The normalized spacial score (nSPS) is 14.1. The van der Waals surface area contributed by atoms with Crippen molar-refractivity contribution in [2.45, 2.75) is 30.8 Å². The second-order valence-electron chi connectivity index (χ2n) is 8.75. The van der Waals surface area contributed by atoms with Gasteiger partial charge in [-0.2, -0.15) is 0 Å². The van der Waals surface area contributed by atoms with Gasteiger partial charge >= 0.3 is 0 Å². The van der Waals surface area contributed by atoms with Crippen LogP contribution in [0.4, 0.5) is 5.69 Å². The first-order chi connectivity index (χ1) is 15.7. The summed E-state index contributed by atoms with van der Waals surface area (Å²) in [6.07, 6.45) is 0.754. The van der Waals surface area contributed by atoms with E-state index in [1.807, 2.05) is 18.2 Å². The fourth-order valence-corrected chi connectivity index (χ4v) is 5.38. The van der Waals surface area contributed by atoms with Gasteiger partial charge in [0, 0.05) is 28.7 Å². The second kappa shape index (κ2) is 8.04. The number of carbonyl (C=O) groups excluding carboxylic acids is 1. The minimum Gasteiger partial charge on any atom is -0.325 e. The number of thioether (sulfide) groups is 1. The average Bonchev–Trinajstić information content (AvgIpc) is 3.07. The summed E-state index contributed by atoms with van der Waals surface area (Å²) in [5.41, 5.74) is 3.66. The molecule has 0 aliphatic heterocycles. The molecular weight excluding hydrogens is 458 g/mol. The van der Waals surface area contributed by atoms with Gasteiger partial charge in [-0.15, -0.1) is 5.10 Å². The number of hydrogen-bond donors (Lipinski definition) is 1. The lowest BCUT2D eigenvalue weighted by Crippen LogP contribution is -2.36. The number of anilines is 1. The first kappa shape index (κ1) is 21.7. The van der Waals surface area contributed by atoms with Crippen LogP contribution in [0.1, 0.15) is 25.0 Å². The van der Waals surface area contributed by atoms with E-state index >= 15 is 0 Å². The number of amides is 1. The first-order valence-electron chi connectivity index (χ1n) is 10.5. The summed E-state index contributed by atoms with van der Waals surface area (Å²) in [5.74, 6) is 0.326. The van der Waals surface area contributed by atoms with Gasteiger partial charge in [0.15, 0.2) is 5.16 Å². The van der Waals surface area contributed by atoms with Crippen LogP contribution in [0, 0.1) is 0 Å². The van der Waals surface area contributed by atoms with Gasteiger partial charge in [-0.25, -0.2) is 14.1 Å². The zero-order chi connectivity index (χ0) is 23.3. The molecule has 9 heteroatoms. The third-order valence-electron chi connectivity index (χ3n) is 5.80. The predicted molar refractivity (Wildman–Crippen MR) is 131 cm³/mol. The molecule has 1 aliphatic carbocycles. The molecule has 4 aromatic rings. The summed E-state index contributed by atoms with van der Waals surface area (Å²) in [6, 6.07) is 15.0. The summed E-state index contributed by atoms with van der Waals surface area (Å²) in [5, 5.41) is 8.29. The van der Waals surface area contributed by atoms with E-state index in [1.54, 1.807) is 36.0 Å². The molecular formula is C24H22ClN5O2S. The Morgan fingerprint density at radius 1 is 1.21 bits per heavy atom. The topological polar surface area (TPSA) is 81.3 Å². The molecule has 33 heavy (non-hydrogen) atoms. The summed E-state index contributed by atoms with van der Waals surface area (Å²) in [4.78, 5) is 31.1. The molecule has 1 N–H and O–H groups in total. The predicted octanol–water partition coefficient (Wildman–Crippen LogP) is 4.31. The van der Waals surface area contributed by atoms with E-state index in [2.05, 4.69) is 30.3 Å². The monoisotopic (exact) mass is 479 g/mol. The third kappa shape index (κ3) is 3.83. The van der Waals surface area contributed by atoms with E-state index in [1.165, 1.54) is 21.7 Å². The van der Waals surface area contributed by atoms with Crippen molar-refractivity contribution in [1.82, 2.24) is 19.2 Å². The Balaban J connectivity index is 1.52. The van der Waals surface area contributed by atoms with Crippen molar-refractivity contribution in [3.63, 3.8) is 0 Å². The number of nitrogens with one attached hydrogen (secondary N) is 1. The van der Waals surface area contributed by atoms with Crippen LogP contribution in [0.25, 0.3) is 17.0 Å². The largest absolute Gasteiger partial charge is 0.325 e. The van der Waals surface area contributed by atoms with E-state index in [-0.39, 0.29) is 22.6 Å². The van der Waals surface area contributed by atoms with Gasteiger partial charge in [-0.3, -0.25) is 9.59 Å². The van der Waals surface area contributed by atoms with E-state index < -0.39 is 0 Å². The number of fused-ring (bicyclic) bond motifs is 4. The van der Waals surface area contributed by atoms with Crippen LogP contribution in [-0.4, -0.2) is 30.8 Å². The lowest BCUT2D eigenvalue weighted by atomic mass is 9.72. The highest BCUT2D eigenvalue weighted by Gasteiger charge is 2.36. The maximum Gasteiger partial charge on any atom is 0.265 e. The van der Waals surface area contributed by atoms with Gasteiger partial charge in [0.1, 0.15) is 0 Å². The first-order valence-corrected chi connectivity index (χ1v) is 11.9. The smallest absolute Gasteiger partial charge is 0.265 e. The maximum atomic E-state index is 13.7. The quantitative estimate of drug-likeness (QED) is 0.441. The van der Waals surface area contributed by atoms with Crippen molar-refractivity contribution in [2.75, 3.05) is 11.1 Å². The van der Waals surface area contributed by atoms with Gasteiger partial charge in [0.25, 0.3) is 5.56 Å². The van der Waals surface area contributed by atoms with Crippen LogP contribution in [0.15, 0.2) is 58.5 Å². The molecule has 0 saturated carbocycles.